The van der Waals surface area contributed by atoms with Gasteiger partial charge in [-0.05, 0) is 33.1 Å². The van der Waals surface area contributed by atoms with Crippen LogP contribution < -0.4 is 5.73 Å². The van der Waals surface area contributed by atoms with Gasteiger partial charge in [0.1, 0.15) is 0 Å². The maximum absolute atomic E-state index is 12.7. The van der Waals surface area contributed by atoms with Crippen LogP contribution in [0.3, 0.4) is 0 Å². The van der Waals surface area contributed by atoms with Crippen molar-refractivity contribution in [2.75, 3.05) is 6.54 Å². The van der Waals surface area contributed by atoms with Crippen molar-refractivity contribution in [3.05, 3.63) is 0 Å². The molecule has 1 aliphatic carbocycles. The van der Waals surface area contributed by atoms with Crippen molar-refractivity contribution in [3.8, 4) is 0 Å². The smallest absolute Gasteiger partial charge is 0.235 e. The van der Waals surface area contributed by atoms with E-state index >= 15 is 0 Å². The highest BCUT2D eigenvalue weighted by Gasteiger charge is 2.39. The zero-order chi connectivity index (χ0) is 13.8. The summed E-state index contributed by atoms with van der Waals surface area (Å²) in [5, 5.41) is 0. The van der Waals surface area contributed by atoms with Crippen molar-refractivity contribution in [3.63, 3.8) is 0 Å². The minimum atomic E-state index is -0.678. The Bertz CT molecular complexity index is 313. The molecule has 1 amide bonds. The molecule has 0 spiro atoms. The van der Waals surface area contributed by atoms with Crippen LogP contribution in [-0.4, -0.2) is 28.4 Å². The average molecular weight is 270 g/mol. The van der Waals surface area contributed by atoms with Gasteiger partial charge in [-0.3, -0.25) is 4.79 Å². The number of nitrogens with zero attached hydrogens (tertiary/aromatic N) is 1. The second kappa shape index (κ2) is 6.50. The molecule has 4 heteroatoms. The van der Waals surface area contributed by atoms with Gasteiger partial charge < -0.3 is 10.6 Å². The molecule has 1 atom stereocenters. The Morgan fingerprint density at radius 3 is 2.28 bits per heavy atom. The van der Waals surface area contributed by atoms with Crippen LogP contribution >= 0.6 is 12.2 Å². The number of carbonyl (C=O) groups is 1. The first-order valence-electron chi connectivity index (χ1n) is 7.08. The fourth-order valence-corrected chi connectivity index (χ4v) is 2.94. The van der Waals surface area contributed by atoms with Crippen molar-refractivity contribution >= 4 is 23.1 Å². The van der Waals surface area contributed by atoms with Crippen molar-refractivity contribution in [2.24, 2.45) is 11.1 Å². The predicted octanol–water partition coefficient (Wildman–Crippen LogP) is 2.87. The van der Waals surface area contributed by atoms with Gasteiger partial charge in [0.25, 0.3) is 0 Å². The predicted molar refractivity (Wildman–Crippen MR) is 79.4 cm³/mol. The Hall–Kier alpha value is -0.640. The molecule has 2 N–H and O–H groups in total. The van der Waals surface area contributed by atoms with Crippen molar-refractivity contribution in [1.82, 2.24) is 4.90 Å². The van der Waals surface area contributed by atoms with E-state index in [-0.39, 0.29) is 5.91 Å². The Labute approximate surface area is 116 Å². The molecule has 104 valence electrons. The molecular formula is C14H26N2OS. The molecular weight excluding hydrogens is 244 g/mol. The summed E-state index contributed by atoms with van der Waals surface area (Å²) in [5.74, 6) is 0.118. The van der Waals surface area contributed by atoms with Gasteiger partial charge in [-0.1, -0.05) is 38.4 Å². The van der Waals surface area contributed by atoms with E-state index in [1.165, 1.54) is 19.3 Å². The molecule has 0 radical (unpaired) electrons. The van der Waals surface area contributed by atoms with E-state index in [2.05, 4.69) is 0 Å². The highest BCUT2D eigenvalue weighted by molar-refractivity contribution is 7.80. The zero-order valence-electron chi connectivity index (χ0n) is 11.9. The van der Waals surface area contributed by atoms with Crippen molar-refractivity contribution in [1.29, 1.82) is 0 Å². The number of hydrogen-bond donors (Lipinski definition) is 1. The summed E-state index contributed by atoms with van der Waals surface area (Å²) in [6.07, 6.45) is 6.66. The average Bonchev–Trinajstić information content (AvgIpc) is 2.39. The lowest BCUT2D eigenvalue weighted by Gasteiger charge is -2.39. The van der Waals surface area contributed by atoms with Crippen LogP contribution in [0.4, 0.5) is 0 Å². The van der Waals surface area contributed by atoms with Gasteiger partial charge in [-0.25, -0.2) is 0 Å². The van der Waals surface area contributed by atoms with E-state index in [9.17, 15) is 4.79 Å². The highest BCUT2D eigenvalue weighted by atomic mass is 32.1. The highest BCUT2D eigenvalue weighted by Crippen LogP contribution is 2.29. The molecule has 1 unspecified atom stereocenters. The number of thiocarbonyl (C=S) groups is 1. The van der Waals surface area contributed by atoms with E-state index in [1.807, 2.05) is 25.7 Å². The SMILES string of the molecule is CCN(C(=O)C(C)(CC)C(N)=S)C1CCCCC1. The van der Waals surface area contributed by atoms with Crippen LogP contribution in [0.2, 0.25) is 0 Å². The van der Waals surface area contributed by atoms with Gasteiger partial charge in [0, 0.05) is 12.6 Å². The van der Waals surface area contributed by atoms with Gasteiger partial charge in [-0.15, -0.1) is 0 Å². The van der Waals surface area contributed by atoms with Crippen molar-refractivity contribution < 1.29 is 4.79 Å². The number of nitrogens with two attached hydrogens (primary N) is 1. The van der Waals surface area contributed by atoms with Crippen LogP contribution in [0.15, 0.2) is 0 Å². The molecule has 1 rings (SSSR count). The first-order valence-corrected chi connectivity index (χ1v) is 7.49. The van der Waals surface area contributed by atoms with Crippen molar-refractivity contribution in [2.45, 2.75) is 65.3 Å². The standard InChI is InChI=1S/C14H26N2OS/c1-4-14(3,12(15)18)13(17)16(5-2)11-9-7-6-8-10-11/h11H,4-10H2,1-3H3,(H2,15,18). The molecule has 1 saturated carbocycles. The van der Waals surface area contributed by atoms with E-state index in [0.717, 1.165) is 19.4 Å². The topological polar surface area (TPSA) is 46.3 Å². The van der Waals surface area contributed by atoms with E-state index < -0.39 is 5.41 Å². The van der Waals surface area contributed by atoms with Gasteiger partial charge in [0.15, 0.2) is 0 Å². The molecule has 18 heavy (non-hydrogen) atoms. The van der Waals surface area contributed by atoms with E-state index in [1.54, 1.807) is 0 Å². The van der Waals surface area contributed by atoms with Gasteiger partial charge in [0.05, 0.1) is 10.4 Å². The first-order chi connectivity index (χ1) is 8.47. The lowest BCUT2D eigenvalue weighted by Crippen LogP contribution is -2.52. The van der Waals surface area contributed by atoms with Crippen LogP contribution in [0.5, 0.6) is 0 Å². The molecule has 3 nitrogen and oxygen atoms in total. The summed E-state index contributed by atoms with van der Waals surface area (Å²) in [4.78, 5) is 15.1. The second-order valence-electron chi connectivity index (χ2n) is 5.43. The van der Waals surface area contributed by atoms with Gasteiger partial charge >= 0.3 is 0 Å². The fourth-order valence-electron chi connectivity index (χ4n) is 2.71. The summed E-state index contributed by atoms with van der Waals surface area (Å²) in [6, 6.07) is 0.386. The summed E-state index contributed by atoms with van der Waals surface area (Å²) in [7, 11) is 0. The maximum atomic E-state index is 12.7. The first kappa shape index (κ1) is 15.4. The maximum Gasteiger partial charge on any atom is 0.235 e. The van der Waals surface area contributed by atoms with Crippen LogP contribution in [0, 0.1) is 5.41 Å². The third kappa shape index (κ3) is 3.02. The number of hydrogen-bond acceptors (Lipinski definition) is 2. The van der Waals surface area contributed by atoms with Crippen LogP contribution in [0.25, 0.3) is 0 Å². The molecule has 0 bridgehead atoms. The third-order valence-corrected chi connectivity index (χ3v) is 4.79. The van der Waals surface area contributed by atoms with E-state index in [4.69, 9.17) is 18.0 Å². The number of carbonyl (C=O) groups excluding carboxylic acids is 1. The fraction of sp³-hybridized carbons (Fsp3) is 0.857. The van der Waals surface area contributed by atoms with Gasteiger partial charge in [-0.2, -0.15) is 0 Å². The third-order valence-electron chi connectivity index (χ3n) is 4.34. The van der Waals surface area contributed by atoms with Crippen LogP contribution in [-0.2, 0) is 4.79 Å². The molecule has 0 aromatic carbocycles. The Balaban J connectivity index is 2.86. The molecule has 0 saturated heterocycles. The second-order valence-corrected chi connectivity index (χ2v) is 5.87. The lowest BCUT2D eigenvalue weighted by atomic mass is 9.84. The molecule has 1 fully saturated rings. The number of amides is 1. The monoisotopic (exact) mass is 270 g/mol. The summed E-state index contributed by atoms with van der Waals surface area (Å²) >= 11 is 5.10. The lowest BCUT2D eigenvalue weighted by molar-refractivity contribution is -0.140. The molecule has 0 heterocycles. The molecule has 0 aromatic heterocycles. The van der Waals surface area contributed by atoms with Crippen LogP contribution in [0.1, 0.15) is 59.3 Å². The summed E-state index contributed by atoms with van der Waals surface area (Å²) in [6.45, 7) is 6.65. The Morgan fingerprint density at radius 1 is 1.33 bits per heavy atom. The Kier molecular flexibility index (Phi) is 5.57. The molecule has 1 aliphatic rings. The molecule has 0 aliphatic heterocycles. The minimum Gasteiger partial charge on any atom is -0.392 e. The molecule has 0 aromatic rings. The number of rotatable bonds is 5. The summed E-state index contributed by atoms with van der Waals surface area (Å²) < 4.78 is 0. The largest absolute Gasteiger partial charge is 0.392 e. The summed E-state index contributed by atoms with van der Waals surface area (Å²) in [5.41, 5.74) is 5.11. The minimum absolute atomic E-state index is 0.118. The van der Waals surface area contributed by atoms with E-state index in [0.29, 0.717) is 17.5 Å². The Morgan fingerprint density at radius 2 is 1.89 bits per heavy atom. The zero-order valence-corrected chi connectivity index (χ0v) is 12.7. The van der Waals surface area contributed by atoms with Gasteiger partial charge in [0.2, 0.25) is 5.91 Å². The normalized spacial score (nSPS) is 20.2. The quantitative estimate of drug-likeness (QED) is 0.781.